The van der Waals surface area contributed by atoms with Crippen LogP contribution in [0.1, 0.15) is 13.3 Å². The highest BCUT2D eigenvalue weighted by molar-refractivity contribution is 14.1. The van der Waals surface area contributed by atoms with Crippen molar-refractivity contribution in [2.24, 2.45) is 5.73 Å². The van der Waals surface area contributed by atoms with Crippen LogP contribution in [0, 0.1) is 10.7 Å². The molecule has 0 saturated carbocycles. The number of hydrogen-bond acceptors (Lipinski definition) is 3. The van der Waals surface area contributed by atoms with Gasteiger partial charge in [-0.1, -0.05) is 0 Å². The van der Waals surface area contributed by atoms with Crippen molar-refractivity contribution >= 4 is 91.1 Å². The summed E-state index contributed by atoms with van der Waals surface area (Å²) in [5.74, 6) is 1.45. The minimum absolute atomic E-state index is 0.0479. The zero-order chi connectivity index (χ0) is 14.4. The van der Waals surface area contributed by atoms with Crippen LogP contribution >= 0.6 is 79.5 Å². The molecule has 0 heterocycles. The van der Waals surface area contributed by atoms with Crippen LogP contribution in [0.2, 0.25) is 0 Å². The summed E-state index contributed by atoms with van der Waals surface area (Å²) in [4.78, 5) is 11.9. The third kappa shape index (κ3) is 7.14. The number of nitrogens with two attached hydrogens (primary N) is 1. The standard InChI is InChI=1S/C12H15I3N2OS/c1-7(16)2-3-19-6-11(18)17-12-9(14)4-8(13)5-10(12)15/h4-5,7H,2-3,6,16H2,1H3,(H,17,18). The molecule has 106 valence electrons. The summed E-state index contributed by atoms with van der Waals surface area (Å²) in [5.41, 5.74) is 6.59. The molecule has 0 spiro atoms. The predicted octanol–water partition coefficient (Wildman–Crippen LogP) is 3.91. The Labute approximate surface area is 159 Å². The summed E-state index contributed by atoms with van der Waals surface area (Å²) in [7, 11) is 0. The van der Waals surface area contributed by atoms with Crippen molar-refractivity contribution in [2.75, 3.05) is 16.8 Å². The molecule has 0 aromatic heterocycles. The summed E-state index contributed by atoms with van der Waals surface area (Å²) in [6.07, 6.45) is 0.941. The van der Waals surface area contributed by atoms with E-state index in [0.29, 0.717) is 5.75 Å². The molecule has 0 aliphatic carbocycles. The topological polar surface area (TPSA) is 55.1 Å². The summed E-state index contributed by atoms with van der Waals surface area (Å²) in [5, 5.41) is 2.98. The number of carbonyl (C=O) groups is 1. The quantitative estimate of drug-likeness (QED) is 0.377. The second-order valence-electron chi connectivity index (χ2n) is 4.11. The third-order valence-electron chi connectivity index (χ3n) is 2.22. The average molecular weight is 616 g/mol. The molecule has 1 amide bonds. The SMILES string of the molecule is CC(N)CCSCC(=O)Nc1c(I)cc(I)cc1I. The zero-order valence-corrected chi connectivity index (χ0v) is 17.7. The van der Waals surface area contributed by atoms with E-state index in [0.717, 1.165) is 25.0 Å². The Morgan fingerprint density at radius 1 is 1.37 bits per heavy atom. The minimum atomic E-state index is 0.0479. The second kappa shape index (κ2) is 9.26. The number of anilines is 1. The molecule has 0 radical (unpaired) electrons. The fourth-order valence-electron chi connectivity index (χ4n) is 1.27. The van der Waals surface area contributed by atoms with Crippen LogP contribution in [0.4, 0.5) is 5.69 Å². The molecule has 1 rings (SSSR count). The van der Waals surface area contributed by atoms with Gasteiger partial charge in [0.1, 0.15) is 0 Å². The predicted molar refractivity (Wildman–Crippen MR) is 109 cm³/mol. The van der Waals surface area contributed by atoms with Gasteiger partial charge in [0.25, 0.3) is 0 Å². The smallest absolute Gasteiger partial charge is 0.234 e. The van der Waals surface area contributed by atoms with E-state index in [2.05, 4.69) is 85.2 Å². The largest absolute Gasteiger partial charge is 0.328 e. The lowest BCUT2D eigenvalue weighted by atomic mass is 10.3. The summed E-state index contributed by atoms with van der Waals surface area (Å²) >= 11 is 8.40. The van der Waals surface area contributed by atoms with Crippen LogP contribution in [-0.2, 0) is 4.79 Å². The molecular weight excluding hydrogens is 601 g/mol. The number of amides is 1. The first kappa shape index (κ1) is 18.2. The number of halogens is 3. The van der Waals surface area contributed by atoms with Gasteiger partial charge in [-0.2, -0.15) is 11.8 Å². The average Bonchev–Trinajstić information content (AvgIpc) is 2.29. The van der Waals surface area contributed by atoms with E-state index < -0.39 is 0 Å². The van der Waals surface area contributed by atoms with Crippen molar-refractivity contribution in [3.63, 3.8) is 0 Å². The summed E-state index contributed by atoms with van der Waals surface area (Å²) < 4.78 is 3.32. The van der Waals surface area contributed by atoms with Gasteiger partial charge in [-0.15, -0.1) is 0 Å². The molecule has 7 heteroatoms. The van der Waals surface area contributed by atoms with Crippen LogP contribution in [-0.4, -0.2) is 23.5 Å². The van der Waals surface area contributed by atoms with Gasteiger partial charge in [-0.25, -0.2) is 0 Å². The zero-order valence-electron chi connectivity index (χ0n) is 10.4. The lowest BCUT2D eigenvalue weighted by molar-refractivity contribution is -0.113. The first-order valence-corrected chi connectivity index (χ1v) is 10.1. The maximum absolute atomic E-state index is 11.9. The van der Waals surface area contributed by atoms with Gasteiger partial charge in [0, 0.05) is 16.8 Å². The number of carbonyl (C=O) groups excluding carboxylic acids is 1. The van der Waals surface area contributed by atoms with Crippen LogP contribution in [0.5, 0.6) is 0 Å². The van der Waals surface area contributed by atoms with Gasteiger partial charge in [0.15, 0.2) is 0 Å². The molecule has 1 aromatic carbocycles. The fraction of sp³-hybridized carbons (Fsp3) is 0.417. The highest BCUT2D eigenvalue weighted by Crippen LogP contribution is 2.27. The maximum Gasteiger partial charge on any atom is 0.234 e. The second-order valence-corrected chi connectivity index (χ2v) is 8.79. The van der Waals surface area contributed by atoms with Gasteiger partial charge >= 0.3 is 0 Å². The first-order chi connectivity index (χ1) is 8.90. The number of rotatable bonds is 6. The van der Waals surface area contributed by atoms with Gasteiger partial charge < -0.3 is 11.1 Å². The van der Waals surface area contributed by atoms with Crippen LogP contribution in [0.3, 0.4) is 0 Å². The van der Waals surface area contributed by atoms with Crippen molar-refractivity contribution in [3.8, 4) is 0 Å². The first-order valence-electron chi connectivity index (χ1n) is 5.68. The van der Waals surface area contributed by atoms with Crippen molar-refractivity contribution in [2.45, 2.75) is 19.4 Å². The summed E-state index contributed by atoms with van der Waals surface area (Å²) in [6, 6.07) is 4.32. The van der Waals surface area contributed by atoms with E-state index in [1.165, 1.54) is 3.57 Å². The Morgan fingerprint density at radius 3 is 2.47 bits per heavy atom. The summed E-state index contributed by atoms with van der Waals surface area (Å²) in [6.45, 7) is 1.98. The Bertz CT molecular complexity index is 432. The normalized spacial score (nSPS) is 12.3. The minimum Gasteiger partial charge on any atom is -0.328 e. The van der Waals surface area contributed by atoms with Gasteiger partial charge in [-0.05, 0) is 99.0 Å². The van der Waals surface area contributed by atoms with E-state index >= 15 is 0 Å². The van der Waals surface area contributed by atoms with Crippen molar-refractivity contribution in [1.82, 2.24) is 0 Å². The van der Waals surface area contributed by atoms with Crippen molar-refractivity contribution in [1.29, 1.82) is 0 Å². The Balaban J connectivity index is 2.49. The molecule has 0 fully saturated rings. The van der Waals surface area contributed by atoms with E-state index in [1.807, 2.05) is 6.92 Å². The fourth-order valence-corrected chi connectivity index (χ4v) is 6.06. The molecule has 1 atom stereocenters. The molecule has 0 aliphatic heterocycles. The Kier molecular flexibility index (Phi) is 8.89. The lowest BCUT2D eigenvalue weighted by Gasteiger charge is -2.10. The molecule has 1 aromatic rings. The van der Waals surface area contributed by atoms with E-state index in [4.69, 9.17) is 5.73 Å². The Morgan fingerprint density at radius 2 is 1.95 bits per heavy atom. The van der Waals surface area contributed by atoms with Crippen molar-refractivity contribution in [3.05, 3.63) is 22.8 Å². The molecule has 0 saturated heterocycles. The number of thioether (sulfide) groups is 1. The van der Waals surface area contributed by atoms with Crippen molar-refractivity contribution < 1.29 is 4.79 Å². The highest BCUT2D eigenvalue weighted by Gasteiger charge is 2.10. The number of hydrogen-bond donors (Lipinski definition) is 2. The molecule has 19 heavy (non-hydrogen) atoms. The van der Waals surface area contributed by atoms with Crippen LogP contribution < -0.4 is 11.1 Å². The van der Waals surface area contributed by atoms with Gasteiger partial charge in [0.2, 0.25) is 5.91 Å². The maximum atomic E-state index is 11.9. The van der Waals surface area contributed by atoms with E-state index in [9.17, 15) is 4.79 Å². The van der Waals surface area contributed by atoms with Gasteiger partial charge in [-0.3, -0.25) is 4.79 Å². The molecule has 3 nitrogen and oxygen atoms in total. The lowest BCUT2D eigenvalue weighted by Crippen LogP contribution is -2.18. The molecule has 0 aliphatic rings. The molecule has 3 N–H and O–H groups in total. The third-order valence-corrected chi connectivity index (χ3v) is 5.54. The van der Waals surface area contributed by atoms with Gasteiger partial charge in [0.05, 0.1) is 11.4 Å². The number of benzene rings is 1. The van der Waals surface area contributed by atoms with E-state index in [-0.39, 0.29) is 11.9 Å². The highest BCUT2D eigenvalue weighted by atomic mass is 127. The molecule has 1 unspecified atom stereocenters. The molecule has 0 bridgehead atoms. The van der Waals surface area contributed by atoms with E-state index in [1.54, 1.807) is 11.8 Å². The monoisotopic (exact) mass is 616 g/mol. The van der Waals surface area contributed by atoms with Crippen LogP contribution in [0.25, 0.3) is 0 Å². The number of nitrogens with one attached hydrogen (secondary N) is 1. The molecular formula is C12H15I3N2OS. The Hall–Kier alpha value is 1.19. The van der Waals surface area contributed by atoms with Crippen LogP contribution in [0.15, 0.2) is 12.1 Å².